The van der Waals surface area contributed by atoms with Crippen molar-refractivity contribution in [2.75, 3.05) is 0 Å². The van der Waals surface area contributed by atoms with E-state index in [-0.39, 0.29) is 18.9 Å². The van der Waals surface area contributed by atoms with Crippen LogP contribution in [-0.4, -0.2) is 30.6 Å². The molecular weight excluding hydrogens is 228 g/mol. The Morgan fingerprint density at radius 1 is 1.00 bits per heavy atom. The molecular formula is C7H9F6NO. The largest absolute Gasteiger partial charge is 0.423 e. The van der Waals surface area contributed by atoms with E-state index in [9.17, 15) is 26.3 Å². The van der Waals surface area contributed by atoms with Crippen LogP contribution in [0.4, 0.5) is 26.3 Å². The highest BCUT2D eigenvalue weighted by Gasteiger charge is 2.59. The Balaban J connectivity index is 2.59. The molecule has 90 valence electrons. The first-order chi connectivity index (χ1) is 6.60. The Morgan fingerprint density at radius 2 is 1.40 bits per heavy atom. The van der Waals surface area contributed by atoms with Crippen molar-refractivity contribution >= 4 is 0 Å². The normalized spacial score (nSPS) is 28.0. The summed E-state index contributed by atoms with van der Waals surface area (Å²) >= 11 is 0. The van der Waals surface area contributed by atoms with Gasteiger partial charge in [-0.1, -0.05) is 0 Å². The van der Waals surface area contributed by atoms with Gasteiger partial charge in [-0.15, -0.1) is 0 Å². The van der Waals surface area contributed by atoms with Gasteiger partial charge in [-0.3, -0.25) is 0 Å². The molecule has 0 aromatic rings. The van der Waals surface area contributed by atoms with Crippen LogP contribution in [0.1, 0.15) is 12.8 Å². The van der Waals surface area contributed by atoms with Crippen LogP contribution in [0.25, 0.3) is 0 Å². The summed E-state index contributed by atoms with van der Waals surface area (Å²) in [5.74, 6) is 0. The highest BCUT2D eigenvalue weighted by molar-refractivity contribution is 4.86. The summed E-state index contributed by atoms with van der Waals surface area (Å²) in [5, 5.41) is 0. The standard InChI is InChI=1S/C7H9F6NO/c8-6(9,10)5(7(11,12)13)15-4-1-3(14)2-4/h3-5H,1-2,14H2. The van der Waals surface area contributed by atoms with Crippen LogP contribution in [-0.2, 0) is 4.74 Å². The molecule has 0 atom stereocenters. The summed E-state index contributed by atoms with van der Waals surface area (Å²) in [4.78, 5) is 0. The fourth-order valence-electron chi connectivity index (χ4n) is 1.25. The molecule has 0 heterocycles. The van der Waals surface area contributed by atoms with Gasteiger partial charge in [0.1, 0.15) is 0 Å². The van der Waals surface area contributed by atoms with Gasteiger partial charge in [-0.2, -0.15) is 26.3 Å². The number of hydrogen-bond acceptors (Lipinski definition) is 2. The van der Waals surface area contributed by atoms with Gasteiger partial charge >= 0.3 is 12.4 Å². The van der Waals surface area contributed by atoms with Gasteiger partial charge in [0.2, 0.25) is 6.10 Å². The molecule has 1 aliphatic carbocycles. The van der Waals surface area contributed by atoms with Crippen molar-refractivity contribution in [3.05, 3.63) is 0 Å². The van der Waals surface area contributed by atoms with Crippen molar-refractivity contribution in [1.82, 2.24) is 0 Å². The molecule has 1 rings (SSSR count). The monoisotopic (exact) mass is 237 g/mol. The topological polar surface area (TPSA) is 35.2 Å². The first-order valence-corrected chi connectivity index (χ1v) is 4.15. The van der Waals surface area contributed by atoms with Crippen LogP contribution >= 0.6 is 0 Å². The van der Waals surface area contributed by atoms with Gasteiger partial charge in [0.05, 0.1) is 6.10 Å². The number of ether oxygens (including phenoxy) is 1. The predicted octanol–water partition coefficient (Wildman–Crippen LogP) is 1.99. The quantitative estimate of drug-likeness (QED) is 0.745. The molecule has 0 aliphatic heterocycles. The summed E-state index contributed by atoms with van der Waals surface area (Å²) in [5.41, 5.74) is 5.22. The molecule has 0 saturated heterocycles. The molecule has 1 aliphatic rings. The van der Waals surface area contributed by atoms with E-state index in [1.54, 1.807) is 0 Å². The van der Waals surface area contributed by atoms with E-state index >= 15 is 0 Å². The van der Waals surface area contributed by atoms with Crippen LogP contribution in [0.5, 0.6) is 0 Å². The number of hydrogen-bond donors (Lipinski definition) is 1. The van der Waals surface area contributed by atoms with Gasteiger partial charge in [-0.05, 0) is 12.8 Å². The van der Waals surface area contributed by atoms with E-state index in [1.807, 2.05) is 0 Å². The second-order valence-corrected chi connectivity index (χ2v) is 3.45. The zero-order valence-electron chi connectivity index (χ0n) is 7.40. The van der Waals surface area contributed by atoms with Gasteiger partial charge in [0.15, 0.2) is 0 Å². The smallest absolute Gasteiger partial charge is 0.357 e. The zero-order valence-corrected chi connectivity index (χ0v) is 7.40. The first-order valence-electron chi connectivity index (χ1n) is 4.15. The summed E-state index contributed by atoms with van der Waals surface area (Å²) in [6.45, 7) is 0. The molecule has 0 unspecified atom stereocenters. The van der Waals surface area contributed by atoms with Crippen LogP contribution < -0.4 is 5.73 Å². The van der Waals surface area contributed by atoms with Crippen molar-refractivity contribution in [2.24, 2.45) is 5.73 Å². The molecule has 0 amide bonds. The SMILES string of the molecule is NC1CC(OC(C(F)(F)F)C(F)(F)F)C1. The summed E-state index contributed by atoms with van der Waals surface area (Å²) in [6.07, 6.45) is -15.6. The molecule has 0 radical (unpaired) electrons. The van der Waals surface area contributed by atoms with Crippen molar-refractivity contribution in [3.8, 4) is 0 Å². The van der Waals surface area contributed by atoms with Crippen molar-refractivity contribution < 1.29 is 31.1 Å². The molecule has 1 fully saturated rings. The Hall–Kier alpha value is -0.500. The minimum Gasteiger partial charge on any atom is -0.357 e. The Labute approximate surface area is 81.4 Å². The molecule has 0 aromatic carbocycles. The van der Waals surface area contributed by atoms with Crippen LogP contribution in [0.15, 0.2) is 0 Å². The molecule has 0 aromatic heterocycles. The third-order valence-electron chi connectivity index (χ3n) is 2.05. The summed E-state index contributed by atoms with van der Waals surface area (Å²) in [6, 6.07) is -0.364. The summed E-state index contributed by atoms with van der Waals surface area (Å²) in [7, 11) is 0. The van der Waals surface area contributed by atoms with E-state index in [0.717, 1.165) is 0 Å². The van der Waals surface area contributed by atoms with E-state index in [4.69, 9.17) is 5.73 Å². The maximum absolute atomic E-state index is 12.0. The lowest BCUT2D eigenvalue weighted by molar-refractivity contribution is -0.335. The molecule has 2 N–H and O–H groups in total. The third kappa shape index (κ3) is 3.23. The highest BCUT2D eigenvalue weighted by atomic mass is 19.4. The molecule has 8 heteroatoms. The van der Waals surface area contributed by atoms with Crippen molar-refractivity contribution in [2.45, 2.75) is 43.4 Å². The second kappa shape index (κ2) is 3.82. The van der Waals surface area contributed by atoms with Crippen molar-refractivity contribution in [1.29, 1.82) is 0 Å². The summed E-state index contributed by atoms with van der Waals surface area (Å²) < 4.78 is 75.7. The Bertz CT molecular complexity index is 205. The van der Waals surface area contributed by atoms with Crippen LogP contribution in [0.3, 0.4) is 0 Å². The Kier molecular flexibility index (Phi) is 3.20. The first kappa shape index (κ1) is 12.6. The van der Waals surface area contributed by atoms with Crippen LogP contribution in [0, 0.1) is 0 Å². The van der Waals surface area contributed by atoms with E-state index in [0.29, 0.717) is 0 Å². The maximum Gasteiger partial charge on any atom is 0.423 e. The van der Waals surface area contributed by atoms with Gasteiger partial charge < -0.3 is 10.5 Å². The average Bonchev–Trinajstić information content (AvgIpc) is 1.90. The zero-order chi connectivity index (χ0) is 11.9. The molecule has 1 saturated carbocycles. The highest BCUT2D eigenvalue weighted by Crippen LogP contribution is 2.38. The average molecular weight is 237 g/mol. The van der Waals surface area contributed by atoms with Crippen LogP contribution in [0.2, 0.25) is 0 Å². The number of nitrogens with two attached hydrogens (primary N) is 1. The third-order valence-corrected chi connectivity index (χ3v) is 2.05. The van der Waals surface area contributed by atoms with E-state index in [1.165, 1.54) is 0 Å². The number of rotatable bonds is 2. The van der Waals surface area contributed by atoms with Gasteiger partial charge in [0.25, 0.3) is 0 Å². The van der Waals surface area contributed by atoms with E-state index in [2.05, 4.69) is 4.74 Å². The number of halogens is 6. The lowest BCUT2D eigenvalue weighted by atomic mass is 9.90. The molecule has 15 heavy (non-hydrogen) atoms. The number of alkyl halides is 6. The molecule has 2 nitrogen and oxygen atoms in total. The molecule has 0 bridgehead atoms. The fraction of sp³-hybridized carbons (Fsp3) is 1.00. The fourth-order valence-corrected chi connectivity index (χ4v) is 1.25. The lowest BCUT2D eigenvalue weighted by Gasteiger charge is -2.36. The second-order valence-electron chi connectivity index (χ2n) is 3.45. The van der Waals surface area contributed by atoms with Gasteiger partial charge in [0, 0.05) is 6.04 Å². The van der Waals surface area contributed by atoms with Crippen molar-refractivity contribution in [3.63, 3.8) is 0 Å². The van der Waals surface area contributed by atoms with E-state index < -0.39 is 24.6 Å². The minimum absolute atomic E-state index is 0.0304. The Morgan fingerprint density at radius 3 is 1.67 bits per heavy atom. The molecule has 0 spiro atoms. The predicted molar refractivity (Wildman–Crippen MR) is 38.0 cm³/mol. The lowest BCUT2D eigenvalue weighted by Crippen LogP contribution is -2.51. The minimum atomic E-state index is -5.43. The maximum atomic E-state index is 12.0. The van der Waals surface area contributed by atoms with Gasteiger partial charge in [-0.25, -0.2) is 0 Å².